The Labute approximate surface area is 124 Å². The molecule has 0 aliphatic carbocycles. The molecule has 2 aromatic rings. The third-order valence-electron chi connectivity index (χ3n) is 3.27. The summed E-state index contributed by atoms with van der Waals surface area (Å²) in [4.78, 5) is 13.0. The molecule has 4 nitrogen and oxygen atoms in total. The van der Waals surface area contributed by atoms with Gasteiger partial charge in [0.25, 0.3) is 0 Å². The number of carboxylic acid groups (broad SMARTS) is 1. The number of hydrogen-bond acceptors (Lipinski definition) is 3. The van der Waals surface area contributed by atoms with Gasteiger partial charge in [-0.15, -0.1) is 0 Å². The number of hydrogen-bond donors (Lipinski definition) is 2. The molecule has 0 radical (unpaired) electrons. The van der Waals surface area contributed by atoms with Crippen LogP contribution in [0.4, 0.5) is 0 Å². The SMILES string of the molecule is O=C(O)c1ccc(CN(CCO)Cc2ccccc2)cc1. The molecule has 0 atom stereocenters. The Morgan fingerprint density at radius 1 is 0.905 bits per heavy atom. The van der Waals surface area contributed by atoms with Crippen LogP contribution in [-0.4, -0.2) is 34.2 Å². The minimum atomic E-state index is -0.918. The van der Waals surface area contributed by atoms with E-state index in [1.807, 2.05) is 30.3 Å². The molecule has 110 valence electrons. The molecule has 0 heterocycles. The summed E-state index contributed by atoms with van der Waals surface area (Å²) in [6.07, 6.45) is 0. The van der Waals surface area contributed by atoms with E-state index >= 15 is 0 Å². The normalized spacial score (nSPS) is 10.8. The fourth-order valence-corrected chi connectivity index (χ4v) is 2.21. The maximum Gasteiger partial charge on any atom is 0.335 e. The topological polar surface area (TPSA) is 60.8 Å². The zero-order chi connectivity index (χ0) is 15.1. The number of benzene rings is 2. The highest BCUT2D eigenvalue weighted by atomic mass is 16.4. The molecular formula is C17H19NO3. The van der Waals surface area contributed by atoms with E-state index in [4.69, 9.17) is 5.11 Å². The molecule has 0 aromatic heterocycles. The number of aliphatic hydroxyl groups is 1. The zero-order valence-corrected chi connectivity index (χ0v) is 11.8. The fourth-order valence-electron chi connectivity index (χ4n) is 2.21. The average Bonchev–Trinajstić information content (AvgIpc) is 2.49. The molecule has 0 saturated heterocycles. The zero-order valence-electron chi connectivity index (χ0n) is 11.8. The molecule has 0 fully saturated rings. The summed E-state index contributed by atoms with van der Waals surface area (Å²) in [5, 5.41) is 18.1. The quantitative estimate of drug-likeness (QED) is 0.820. The first-order valence-electron chi connectivity index (χ1n) is 6.88. The van der Waals surface area contributed by atoms with E-state index in [-0.39, 0.29) is 12.2 Å². The van der Waals surface area contributed by atoms with Gasteiger partial charge in [0.1, 0.15) is 0 Å². The van der Waals surface area contributed by atoms with Crippen molar-refractivity contribution in [1.82, 2.24) is 4.90 Å². The second-order valence-corrected chi connectivity index (χ2v) is 4.92. The predicted molar refractivity (Wildman–Crippen MR) is 81.0 cm³/mol. The molecule has 2 N–H and O–H groups in total. The second kappa shape index (κ2) is 7.57. The van der Waals surface area contributed by atoms with E-state index in [0.717, 1.165) is 12.1 Å². The van der Waals surface area contributed by atoms with E-state index in [1.54, 1.807) is 12.1 Å². The van der Waals surface area contributed by atoms with Gasteiger partial charge >= 0.3 is 5.97 Å². The molecule has 0 amide bonds. The van der Waals surface area contributed by atoms with Crippen LogP contribution in [0.15, 0.2) is 54.6 Å². The summed E-state index contributed by atoms with van der Waals surface area (Å²) in [6.45, 7) is 2.10. The van der Waals surface area contributed by atoms with Crippen LogP contribution in [0, 0.1) is 0 Å². The van der Waals surface area contributed by atoms with Crippen molar-refractivity contribution in [2.24, 2.45) is 0 Å². The van der Waals surface area contributed by atoms with Gasteiger partial charge in [-0.25, -0.2) is 4.79 Å². The second-order valence-electron chi connectivity index (χ2n) is 4.92. The van der Waals surface area contributed by atoms with Gasteiger partial charge in [0.15, 0.2) is 0 Å². The van der Waals surface area contributed by atoms with Crippen molar-refractivity contribution in [1.29, 1.82) is 0 Å². The van der Waals surface area contributed by atoms with Crippen LogP contribution in [0.1, 0.15) is 21.5 Å². The van der Waals surface area contributed by atoms with Gasteiger partial charge in [-0.05, 0) is 23.3 Å². The molecule has 4 heteroatoms. The van der Waals surface area contributed by atoms with Crippen molar-refractivity contribution < 1.29 is 15.0 Å². The van der Waals surface area contributed by atoms with Crippen LogP contribution in [0.25, 0.3) is 0 Å². The highest BCUT2D eigenvalue weighted by Gasteiger charge is 2.08. The van der Waals surface area contributed by atoms with Gasteiger partial charge in [-0.1, -0.05) is 42.5 Å². The lowest BCUT2D eigenvalue weighted by molar-refractivity contribution is 0.0697. The number of carbonyl (C=O) groups is 1. The molecular weight excluding hydrogens is 266 g/mol. The number of rotatable bonds is 7. The molecule has 0 saturated carbocycles. The Morgan fingerprint density at radius 2 is 1.48 bits per heavy atom. The van der Waals surface area contributed by atoms with Crippen molar-refractivity contribution in [2.75, 3.05) is 13.2 Å². The Bertz CT molecular complexity index is 566. The maximum atomic E-state index is 10.8. The van der Waals surface area contributed by atoms with E-state index in [9.17, 15) is 9.90 Å². The first kappa shape index (κ1) is 15.2. The maximum absolute atomic E-state index is 10.8. The summed E-state index contributed by atoms with van der Waals surface area (Å²) >= 11 is 0. The van der Waals surface area contributed by atoms with Crippen LogP contribution in [-0.2, 0) is 13.1 Å². The number of nitrogens with zero attached hydrogens (tertiary/aromatic N) is 1. The summed E-state index contributed by atoms with van der Waals surface area (Å²) in [5.41, 5.74) is 2.51. The molecule has 0 unspecified atom stereocenters. The Balaban J connectivity index is 2.03. The van der Waals surface area contributed by atoms with E-state index in [1.165, 1.54) is 5.56 Å². The molecule has 2 rings (SSSR count). The van der Waals surface area contributed by atoms with Crippen molar-refractivity contribution in [3.8, 4) is 0 Å². The molecule has 0 aliphatic rings. The number of aliphatic hydroxyl groups excluding tert-OH is 1. The third kappa shape index (κ3) is 4.70. The van der Waals surface area contributed by atoms with Crippen molar-refractivity contribution in [3.05, 3.63) is 71.3 Å². The van der Waals surface area contributed by atoms with Crippen LogP contribution in [0.3, 0.4) is 0 Å². The predicted octanol–water partition coefficient (Wildman–Crippen LogP) is 2.38. The van der Waals surface area contributed by atoms with E-state index < -0.39 is 5.97 Å². The fraction of sp³-hybridized carbons (Fsp3) is 0.235. The third-order valence-corrected chi connectivity index (χ3v) is 3.27. The summed E-state index contributed by atoms with van der Waals surface area (Å²) in [5.74, 6) is -0.918. The van der Waals surface area contributed by atoms with Crippen molar-refractivity contribution in [2.45, 2.75) is 13.1 Å². The molecule has 0 spiro atoms. The summed E-state index contributed by atoms with van der Waals surface area (Å²) in [6, 6.07) is 16.9. The number of aromatic carboxylic acids is 1. The van der Waals surface area contributed by atoms with Crippen LogP contribution < -0.4 is 0 Å². The van der Waals surface area contributed by atoms with Crippen LogP contribution >= 0.6 is 0 Å². The molecule has 0 bridgehead atoms. The van der Waals surface area contributed by atoms with Gasteiger partial charge in [-0.2, -0.15) is 0 Å². The first-order valence-corrected chi connectivity index (χ1v) is 6.88. The first-order chi connectivity index (χ1) is 10.2. The lowest BCUT2D eigenvalue weighted by Crippen LogP contribution is -2.26. The van der Waals surface area contributed by atoms with Gasteiger partial charge in [0, 0.05) is 19.6 Å². The molecule has 21 heavy (non-hydrogen) atoms. The largest absolute Gasteiger partial charge is 0.478 e. The monoisotopic (exact) mass is 285 g/mol. The van der Waals surface area contributed by atoms with Crippen LogP contribution in [0.5, 0.6) is 0 Å². The highest BCUT2D eigenvalue weighted by Crippen LogP contribution is 2.11. The van der Waals surface area contributed by atoms with Gasteiger partial charge in [0.2, 0.25) is 0 Å². The van der Waals surface area contributed by atoms with E-state index in [2.05, 4.69) is 17.0 Å². The van der Waals surface area contributed by atoms with Gasteiger partial charge < -0.3 is 10.2 Å². The molecule has 0 aliphatic heterocycles. The lowest BCUT2D eigenvalue weighted by atomic mass is 10.1. The van der Waals surface area contributed by atoms with Gasteiger partial charge in [-0.3, -0.25) is 4.90 Å². The van der Waals surface area contributed by atoms with Crippen molar-refractivity contribution >= 4 is 5.97 Å². The smallest absolute Gasteiger partial charge is 0.335 e. The Kier molecular flexibility index (Phi) is 5.49. The highest BCUT2D eigenvalue weighted by molar-refractivity contribution is 5.87. The Hall–Kier alpha value is -2.17. The minimum absolute atomic E-state index is 0.0973. The molecule has 2 aromatic carbocycles. The standard InChI is InChI=1S/C17H19NO3/c19-11-10-18(12-14-4-2-1-3-5-14)13-15-6-8-16(9-7-15)17(20)21/h1-9,19H,10-13H2,(H,20,21). The lowest BCUT2D eigenvalue weighted by Gasteiger charge is -2.21. The Morgan fingerprint density at radius 3 is 2.00 bits per heavy atom. The summed E-state index contributed by atoms with van der Waals surface area (Å²) in [7, 11) is 0. The number of carboxylic acids is 1. The minimum Gasteiger partial charge on any atom is -0.478 e. The van der Waals surface area contributed by atoms with E-state index in [0.29, 0.717) is 13.1 Å². The van der Waals surface area contributed by atoms with Gasteiger partial charge in [0.05, 0.1) is 12.2 Å². The van der Waals surface area contributed by atoms with Crippen LogP contribution in [0.2, 0.25) is 0 Å². The van der Waals surface area contributed by atoms with Crippen molar-refractivity contribution in [3.63, 3.8) is 0 Å². The average molecular weight is 285 g/mol. The summed E-state index contributed by atoms with van der Waals surface area (Å²) < 4.78 is 0.